The minimum atomic E-state index is -2.10. The summed E-state index contributed by atoms with van der Waals surface area (Å²) in [4.78, 5) is 54.6. The molecular weight excluding hydrogens is 599 g/mol. The van der Waals surface area contributed by atoms with Gasteiger partial charge in [0.2, 0.25) is 0 Å². The summed E-state index contributed by atoms with van der Waals surface area (Å²) in [6.07, 6.45) is 0. The van der Waals surface area contributed by atoms with Crippen molar-refractivity contribution in [3.8, 4) is 5.75 Å². The van der Waals surface area contributed by atoms with Crippen molar-refractivity contribution in [2.75, 3.05) is 7.11 Å². The van der Waals surface area contributed by atoms with Gasteiger partial charge in [-0.05, 0) is 60.5 Å². The predicted molar refractivity (Wildman–Crippen MR) is 157 cm³/mol. The maximum atomic E-state index is 14.5. The number of methoxy groups -OCH3 is 1. The van der Waals surface area contributed by atoms with E-state index >= 15 is 0 Å². The number of likely N-dealkylation sites (tertiary alicyclic amines) is 1. The number of Topliss-reactive ketones (excluding diaryl/α,β-unsaturated/α-hetero) is 1. The third kappa shape index (κ3) is 5.26. The number of amides is 1. The van der Waals surface area contributed by atoms with Crippen molar-refractivity contribution >= 4 is 46.3 Å². The number of rotatable bonds is 8. The lowest BCUT2D eigenvalue weighted by atomic mass is 9.72. The van der Waals surface area contributed by atoms with Crippen molar-refractivity contribution in [3.63, 3.8) is 0 Å². The highest BCUT2D eigenvalue weighted by Crippen LogP contribution is 2.57. The molecule has 1 aromatic heterocycles. The molecule has 220 valence electrons. The Kier molecular flexibility index (Phi) is 8.04. The van der Waals surface area contributed by atoms with Crippen LogP contribution < -0.4 is 4.74 Å². The molecular formula is C31H24ClFN2O7S. The molecule has 0 radical (unpaired) electrons. The summed E-state index contributed by atoms with van der Waals surface area (Å²) >= 11 is 7.17. The van der Waals surface area contributed by atoms with Crippen LogP contribution in [0.5, 0.6) is 5.75 Å². The third-order valence-electron chi connectivity index (χ3n) is 7.80. The zero-order valence-electron chi connectivity index (χ0n) is 22.8. The van der Waals surface area contributed by atoms with Gasteiger partial charge in [0, 0.05) is 23.6 Å². The first-order chi connectivity index (χ1) is 20.5. The molecule has 1 amide bonds. The van der Waals surface area contributed by atoms with Gasteiger partial charge in [-0.3, -0.25) is 19.7 Å². The number of non-ortho nitro benzene ring substituents is 1. The highest BCUT2D eigenvalue weighted by molar-refractivity contribution is 7.18. The van der Waals surface area contributed by atoms with E-state index in [1.807, 2.05) is 0 Å². The van der Waals surface area contributed by atoms with Crippen LogP contribution in [0.25, 0.3) is 0 Å². The van der Waals surface area contributed by atoms with Gasteiger partial charge in [-0.25, -0.2) is 9.18 Å². The van der Waals surface area contributed by atoms with Gasteiger partial charge in [-0.1, -0.05) is 41.9 Å². The normalized spacial score (nSPS) is 21.4. The van der Waals surface area contributed by atoms with Gasteiger partial charge in [0.15, 0.2) is 5.78 Å². The summed E-state index contributed by atoms with van der Waals surface area (Å²) in [6.45, 7) is 1.33. The molecule has 9 nitrogen and oxygen atoms in total. The summed E-state index contributed by atoms with van der Waals surface area (Å²) in [5.41, 5.74) is -2.03. The molecule has 1 N–H and O–H groups in total. The summed E-state index contributed by atoms with van der Waals surface area (Å²) in [7, 11) is 1.44. The Morgan fingerprint density at radius 3 is 2.35 bits per heavy atom. The zero-order valence-corrected chi connectivity index (χ0v) is 24.3. The second-order valence-electron chi connectivity index (χ2n) is 10.2. The van der Waals surface area contributed by atoms with Crippen molar-refractivity contribution in [3.05, 3.63) is 127 Å². The van der Waals surface area contributed by atoms with Gasteiger partial charge >= 0.3 is 5.97 Å². The van der Waals surface area contributed by atoms with Crippen LogP contribution in [-0.2, 0) is 4.79 Å². The van der Waals surface area contributed by atoms with Crippen LogP contribution in [0.1, 0.15) is 50.0 Å². The molecule has 0 aliphatic carbocycles. The minimum absolute atomic E-state index is 0.153. The lowest BCUT2D eigenvalue weighted by Gasteiger charge is -2.38. The van der Waals surface area contributed by atoms with Crippen LogP contribution in [0.3, 0.4) is 0 Å². The number of hydrogen-bond acceptors (Lipinski definition) is 7. The van der Waals surface area contributed by atoms with Crippen LogP contribution in [0.4, 0.5) is 10.1 Å². The molecule has 0 spiro atoms. The van der Waals surface area contributed by atoms with E-state index in [1.165, 1.54) is 62.6 Å². The SMILES string of the molecule is COc1cccc(C2C(C(=O)c3ccc(Cl)s3)C(c3cccc([N+](=O)[O-])c3)N(C(=O)c3cccc(F)c3)C2(C)C(=O)O)c1. The smallest absolute Gasteiger partial charge is 0.330 e. The van der Waals surface area contributed by atoms with Gasteiger partial charge in [-0.15, -0.1) is 11.3 Å². The van der Waals surface area contributed by atoms with Crippen molar-refractivity contribution in [2.24, 2.45) is 5.92 Å². The van der Waals surface area contributed by atoms with E-state index < -0.39 is 51.8 Å². The Balaban J connectivity index is 1.86. The average molecular weight is 623 g/mol. The van der Waals surface area contributed by atoms with E-state index in [9.17, 15) is 34.0 Å². The van der Waals surface area contributed by atoms with Crippen LogP contribution >= 0.6 is 22.9 Å². The average Bonchev–Trinajstić information content (AvgIpc) is 3.55. The second kappa shape index (κ2) is 11.6. The lowest BCUT2D eigenvalue weighted by molar-refractivity contribution is -0.385. The highest BCUT2D eigenvalue weighted by atomic mass is 35.5. The number of aliphatic carboxylic acids is 1. The number of benzene rings is 3. The maximum Gasteiger partial charge on any atom is 0.330 e. The molecule has 1 aliphatic rings. The van der Waals surface area contributed by atoms with Crippen molar-refractivity contribution < 1.29 is 33.5 Å². The minimum Gasteiger partial charge on any atom is -0.497 e. The molecule has 2 heterocycles. The molecule has 4 atom stereocenters. The quantitative estimate of drug-likeness (QED) is 0.130. The first-order valence-corrected chi connectivity index (χ1v) is 14.2. The molecule has 1 aliphatic heterocycles. The first kappa shape index (κ1) is 29.9. The van der Waals surface area contributed by atoms with Crippen LogP contribution in [-0.4, -0.2) is 45.2 Å². The number of nitro groups is 1. The number of carboxylic acid groups (broad SMARTS) is 1. The Morgan fingerprint density at radius 2 is 1.72 bits per heavy atom. The number of nitrogens with zero attached hydrogens (tertiary/aromatic N) is 2. The molecule has 4 unspecified atom stereocenters. The zero-order chi connectivity index (χ0) is 31.1. The number of ether oxygens (including phenoxy) is 1. The Labute approximate surface area is 254 Å². The second-order valence-corrected chi connectivity index (χ2v) is 11.9. The molecule has 12 heteroatoms. The summed E-state index contributed by atoms with van der Waals surface area (Å²) < 4.78 is 20.1. The molecule has 0 bridgehead atoms. The number of ketones is 1. The predicted octanol–water partition coefficient (Wildman–Crippen LogP) is 6.78. The van der Waals surface area contributed by atoms with Gasteiger partial charge < -0.3 is 14.7 Å². The monoisotopic (exact) mass is 622 g/mol. The van der Waals surface area contributed by atoms with E-state index in [4.69, 9.17) is 16.3 Å². The Morgan fingerprint density at radius 1 is 1.02 bits per heavy atom. The summed E-state index contributed by atoms with van der Waals surface area (Å²) in [6, 6.07) is 18.4. The standard InChI is InChI=1S/C31H24ClFN2O7S/c1-31(30(38)39)26(17-6-5-11-22(16-17)42-2)25(28(36)23-12-13-24(32)43-23)27(18-7-4-10-21(15-18)35(40)41)34(31)29(37)19-8-3-9-20(33)14-19/h3-16,25-27H,1-2H3,(H,38,39). The van der Waals surface area contributed by atoms with Crippen LogP contribution in [0, 0.1) is 21.8 Å². The van der Waals surface area contributed by atoms with E-state index in [1.54, 1.807) is 24.3 Å². The van der Waals surface area contributed by atoms with E-state index in [2.05, 4.69) is 0 Å². The van der Waals surface area contributed by atoms with Gasteiger partial charge in [0.1, 0.15) is 17.1 Å². The summed E-state index contributed by atoms with van der Waals surface area (Å²) in [5.74, 6) is -5.59. The van der Waals surface area contributed by atoms with Crippen molar-refractivity contribution in [1.29, 1.82) is 0 Å². The number of hydrogen-bond donors (Lipinski definition) is 1. The molecule has 4 aromatic rings. The largest absolute Gasteiger partial charge is 0.497 e. The number of carboxylic acids is 1. The fourth-order valence-corrected chi connectivity index (χ4v) is 6.95. The Hall–Kier alpha value is -4.61. The first-order valence-electron chi connectivity index (χ1n) is 13.0. The highest BCUT2D eigenvalue weighted by Gasteiger charge is 2.65. The topological polar surface area (TPSA) is 127 Å². The number of carbonyl (C=O) groups is 3. The molecule has 3 aromatic carbocycles. The summed E-state index contributed by atoms with van der Waals surface area (Å²) in [5, 5.41) is 22.7. The Bertz CT molecular complexity index is 1760. The fraction of sp³-hybridized carbons (Fsp3) is 0.194. The van der Waals surface area contributed by atoms with Gasteiger partial charge in [0.25, 0.3) is 11.6 Å². The lowest BCUT2D eigenvalue weighted by Crippen LogP contribution is -2.54. The van der Waals surface area contributed by atoms with E-state index in [-0.39, 0.29) is 21.7 Å². The molecule has 0 saturated carbocycles. The van der Waals surface area contributed by atoms with Crippen LogP contribution in [0.15, 0.2) is 84.9 Å². The van der Waals surface area contributed by atoms with Crippen LogP contribution in [0.2, 0.25) is 4.34 Å². The van der Waals surface area contributed by atoms with Crippen molar-refractivity contribution in [1.82, 2.24) is 4.90 Å². The number of halogens is 2. The maximum absolute atomic E-state index is 14.5. The number of nitro benzene ring substituents is 1. The van der Waals surface area contributed by atoms with E-state index in [0.29, 0.717) is 15.6 Å². The van der Waals surface area contributed by atoms with Gasteiger partial charge in [-0.2, -0.15) is 0 Å². The molecule has 1 saturated heterocycles. The number of carbonyl (C=O) groups excluding carboxylic acids is 2. The van der Waals surface area contributed by atoms with Gasteiger partial charge in [0.05, 0.1) is 33.2 Å². The molecule has 43 heavy (non-hydrogen) atoms. The molecule has 5 rings (SSSR count). The van der Waals surface area contributed by atoms with E-state index in [0.717, 1.165) is 28.4 Å². The third-order valence-corrected chi connectivity index (χ3v) is 9.05. The number of thiophene rings is 1. The van der Waals surface area contributed by atoms with Crippen molar-refractivity contribution in [2.45, 2.75) is 24.4 Å². The molecule has 1 fully saturated rings. The fourth-order valence-electron chi connectivity index (χ4n) is 5.92.